The van der Waals surface area contributed by atoms with Gasteiger partial charge in [-0.2, -0.15) is 0 Å². The molecule has 0 saturated carbocycles. The van der Waals surface area contributed by atoms with E-state index in [2.05, 4.69) is 20.6 Å². The van der Waals surface area contributed by atoms with E-state index in [9.17, 15) is 9.18 Å². The average Bonchev–Trinajstić information content (AvgIpc) is 2.99. The summed E-state index contributed by atoms with van der Waals surface area (Å²) >= 11 is 0. The largest absolute Gasteiger partial charge is 0.369 e. The normalized spacial score (nSPS) is 10.8. The van der Waals surface area contributed by atoms with Crippen LogP contribution in [0.2, 0.25) is 0 Å². The number of rotatable bonds is 7. The lowest BCUT2D eigenvalue weighted by Gasteiger charge is -2.09. The van der Waals surface area contributed by atoms with E-state index < -0.39 is 0 Å². The predicted octanol–water partition coefficient (Wildman–Crippen LogP) is 2.86. The summed E-state index contributed by atoms with van der Waals surface area (Å²) < 4.78 is 15.4. The Morgan fingerprint density at radius 1 is 1.32 bits per heavy atom. The molecule has 6 nitrogen and oxygen atoms in total. The summed E-state index contributed by atoms with van der Waals surface area (Å²) in [7, 11) is 0. The number of anilines is 1. The minimum absolute atomic E-state index is 0.00265. The first-order valence-corrected chi connectivity index (χ1v) is 8.27. The standard InChI is InChI=1S/C18H20FN5O/c1-2-7-21-16(25)6-8-22-18-17(13-4-3-5-14(19)11-13)23-15-12-20-9-10-24(15)18/h3-5,9-12,22H,2,6-8H2,1H3,(H,21,25). The summed E-state index contributed by atoms with van der Waals surface area (Å²) in [5.41, 5.74) is 1.95. The fourth-order valence-corrected chi connectivity index (χ4v) is 2.56. The fraction of sp³-hybridized carbons (Fsp3) is 0.278. The molecule has 2 heterocycles. The number of benzene rings is 1. The summed E-state index contributed by atoms with van der Waals surface area (Å²) in [6.07, 6.45) is 6.33. The number of carbonyl (C=O) groups excluding carboxylic acids is 1. The minimum Gasteiger partial charge on any atom is -0.369 e. The molecular formula is C18H20FN5O. The van der Waals surface area contributed by atoms with Crippen LogP contribution in [0.1, 0.15) is 19.8 Å². The maximum absolute atomic E-state index is 13.6. The van der Waals surface area contributed by atoms with Crippen molar-refractivity contribution in [1.82, 2.24) is 19.7 Å². The number of hydrogen-bond donors (Lipinski definition) is 2. The summed E-state index contributed by atoms with van der Waals surface area (Å²) in [4.78, 5) is 20.4. The summed E-state index contributed by atoms with van der Waals surface area (Å²) in [6, 6.07) is 6.28. The van der Waals surface area contributed by atoms with E-state index in [0.29, 0.717) is 42.2 Å². The van der Waals surface area contributed by atoms with Crippen molar-refractivity contribution in [2.45, 2.75) is 19.8 Å². The Hall–Kier alpha value is -2.96. The monoisotopic (exact) mass is 341 g/mol. The van der Waals surface area contributed by atoms with E-state index >= 15 is 0 Å². The highest BCUT2D eigenvalue weighted by Crippen LogP contribution is 2.28. The third-order valence-corrected chi connectivity index (χ3v) is 3.74. The Morgan fingerprint density at radius 3 is 3.00 bits per heavy atom. The highest BCUT2D eigenvalue weighted by atomic mass is 19.1. The highest BCUT2D eigenvalue weighted by molar-refractivity contribution is 5.78. The third kappa shape index (κ3) is 3.93. The smallest absolute Gasteiger partial charge is 0.221 e. The van der Waals surface area contributed by atoms with Crippen molar-refractivity contribution in [3.05, 3.63) is 48.7 Å². The van der Waals surface area contributed by atoms with Crippen LogP contribution in [0.4, 0.5) is 10.2 Å². The zero-order valence-electron chi connectivity index (χ0n) is 14.0. The van der Waals surface area contributed by atoms with Gasteiger partial charge in [0.2, 0.25) is 5.91 Å². The molecule has 0 unspecified atom stereocenters. The van der Waals surface area contributed by atoms with Gasteiger partial charge in [0.25, 0.3) is 0 Å². The van der Waals surface area contributed by atoms with Crippen LogP contribution in [0.15, 0.2) is 42.9 Å². The number of fused-ring (bicyclic) bond motifs is 1. The molecule has 2 N–H and O–H groups in total. The highest BCUT2D eigenvalue weighted by Gasteiger charge is 2.14. The van der Waals surface area contributed by atoms with Crippen LogP contribution in [-0.4, -0.2) is 33.4 Å². The summed E-state index contributed by atoms with van der Waals surface area (Å²) in [5.74, 6) is 0.390. The second-order valence-electron chi connectivity index (χ2n) is 5.65. The van der Waals surface area contributed by atoms with Crippen LogP contribution in [0.3, 0.4) is 0 Å². The molecule has 0 radical (unpaired) electrons. The SMILES string of the molecule is CCCNC(=O)CCNc1c(-c2cccc(F)c2)nc2cnccn12. The molecule has 0 aliphatic rings. The van der Waals surface area contributed by atoms with E-state index in [1.165, 1.54) is 12.1 Å². The maximum atomic E-state index is 13.6. The van der Waals surface area contributed by atoms with Crippen LogP contribution < -0.4 is 10.6 Å². The lowest BCUT2D eigenvalue weighted by molar-refractivity contribution is -0.120. The lowest BCUT2D eigenvalue weighted by atomic mass is 10.1. The van der Waals surface area contributed by atoms with Gasteiger partial charge in [0, 0.05) is 37.5 Å². The number of hydrogen-bond acceptors (Lipinski definition) is 4. The topological polar surface area (TPSA) is 71.3 Å². The van der Waals surface area contributed by atoms with Gasteiger partial charge in [0.05, 0.1) is 6.20 Å². The van der Waals surface area contributed by atoms with Crippen molar-refractivity contribution in [3.8, 4) is 11.3 Å². The van der Waals surface area contributed by atoms with Gasteiger partial charge >= 0.3 is 0 Å². The third-order valence-electron chi connectivity index (χ3n) is 3.74. The Balaban J connectivity index is 1.85. The van der Waals surface area contributed by atoms with Crippen LogP contribution >= 0.6 is 0 Å². The molecule has 0 bridgehead atoms. The van der Waals surface area contributed by atoms with Gasteiger partial charge in [0.1, 0.15) is 17.3 Å². The second-order valence-corrected chi connectivity index (χ2v) is 5.65. The van der Waals surface area contributed by atoms with Gasteiger partial charge < -0.3 is 10.6 Å². The van der Waals surface area contributed by atoms with Crippen molar-refractivity contribution in [1.29, 1.82) is 0 Å². The van der Waals surface area contributed by atoms with Crippen LogP contribution in [0.5, 0.6) is 0 Å². The molecule has 3 aromatic rings. The minimum atomic E-state index is -0.322. The number of carbonyl (C=O) groups is 1. The quantitative estimate of drug-likeness (QED) is 0.693. The predicted molar refractivity (Wildman–Crippen MR) is 94.8 cm³/mol. The van der Waals surface area contributed by atoms with Gasteiger partial charge in [-0.05, 0) is 18.6 Å². The molecule has 130 valence electrons. The molecule has 3 rings (SSSR count). The summed E-state index contributed by atoms with van der Waals surface area (Å²) in [6.45, 7) is 3.14. The van der Waals surface area contributed by atoms with Crippen molar-refractivity contribution < 1.29 is 9.18 Å². The molecular weight excluding hydrogens is 321 g/mol. The van der Waals surface area contributed by atoms with Gasteiger partial charge in [-0.25, -0.2) is 9.37 Å². The molecule has 0 fully saturated rings. The Bertz CT molecular complexity index is 877. The van der Waals surface area contributed by atoms with Crippen molar-refractivity contribution in [3.63, 3.8) is 0 Å². The van der Waals surface area contributed by atoms with E-state index in [4.69, 9.17) is 0 Å². The van der Waals surface area contributed by atoms with E-state index in [1.54, 1.807) is 30.7 Å². The molecule has 1 amide bonds. The first kappa shape index (κ1) is 16.9. The van der Waals surface area contributed by atoms with Gasteiger partial charge in [-0.3, -0.25) is 14.2 Å². The molecule has 25 heavy (non-hydrogen) atoms. The number of halogens is 1. The number of amides is 1. The van der Waals surface area contributed by atoms with Crippen LogP contribution in [-0.2, 0) is 4.79 Å². The van der Waals surface area contributed by atoms with Crippen molar-refractivity contribution >= 4 is 17.4 Å². The molecule has 1 aromatic carbocycles. The Kier molecular flexibility index (Phi) is 5.23. The average molecular weight is 341 g/mol. The van der Waals surface area contributed by atoms with Gasteiger partial charge in [0.15, 0.2) is 5.65 Å². The Labute approximate surface area is 145 Å². The first-order valence-electron chi connectivity index (χ1n) is 8.27. The second kappa shape index (κ2) is 7.74. The zero-order valence-corrected chi connectivity index (χ0v) is 14.0. The molecule has 0 aliphatic heterocycles. The number of nitrogens with zero attached hydrogens (tertiary/aromatic N) is 3. The van der Waals surface area contributed by atoms with Crippen molar-refractivity contribution in [2.24, 2.45) is 0 Å². The molecule has 0 saturated heterocycles. The number of imidazole rings is 1. The molecule has 7 heteroatoms. The van der Waals surface area contributed by atoms with E-state index in [0.717, 1.165) is 6.42 Å². The van der Waals surface area contributed by atoms with E-state index in [1.807, 2.05) is 11.3 Å². The summed E-state index contributed by atoms with van der Waals surface area (Å²) in [5, 5.41) is 6.09. The number of aromatic nitrogens is 3. The van der Waals surface area contributed by atoms with Crippen molar-refractivity contribution in [2.75, 3.05) is 18.4 Å². The lowest BCUT2D eigenvalue weighted by Crippen LogP contribution is -2.26. The number of nitrogens with one attached hydrogen (secondary N) is 2. The Morgan fingerprint density at radius 2 is 2.20 bits per heavy atom. The van der Waals surface area contributed by atoms with Gasteiger partial charge in [-0.15, -0.1) is 0 Å². The molecule has 0 aliphatic carbocycles. The van der Waals surface area contributed by atoms with Crippen LogP contribution in [0.25, 0.3) is 16.9 Å². The molecule has 2 aromatic heterocycles. The maximum Gasteiger partial charge on any atom is 0.221 e. The van der Waals surface area contributed by atoms with E-state index in [-0.39, 0.29) is 11.7 Å². The first-order chi connectivity index (χ1) is 12.2. The molecule has 0 spiro atoms. The zero-order chi connectivity index (χ0) is 17.6. The van der Waals surface area contributed by atoms with Crippen LogP contribution in [0, 0.1) is 5.82 Å². The fourth-order valence-electron chi connectivity index (χ4n) is 2.56. The molecule has 0 atom stereocenters. The van der Waals surface area contributed by atoms with Gasteiger partial charge in [-0.1, -0.05) is 19.1 Å².